The van der Waals surface area contributed by atoms with Crippen molar-refractivity contribution in [2.75, 3.05) is 51.7 Å². The SMILES string of the molecule is CC(C)NC(=NCC(=O)N(C)C)N1CCN(c2cccs2)CC1.I. The van der Waals surface area contributed by atoms with E-state index in [0.717, 1.165) is 32.1 Å². The van der Waals surface area contributed by atoms with Gasteiger partial charge in [0.05, 0.1) is 5.00 Å². The molecule has 1 aliphatic rings. The second kappa shape index (κ2) is 10.1. The monoisotopic (exact) mass is 465 g/mol. The first-order chi connectivity index (χ1) is 11.0. The summed E-state index contributed by atoms with van der Waals surface area (Å²) in [5.41, 5.74) is 0. The van der Waals surface area contributed by atoms with E-state index in [4.69, 9.17) is 0 Å². The lowest BCUT2D eigenvalue weighted by atomic mass is 10.3. The zero-order valence-corrected chi connectivity index (χ0v) is 18.0. The van der Waals surface area contributed by atoms with E-state index in [0.29, 0.717) is 6.04 Å². The van der Waals surface area contributed by atoms with Crippen LogP contribution in [0, 0.1) is 0 Å². The first-order valence-electron chi connectivity index (χ1n) is 8.02. The van der Waals surface area contributed by atoms with Crippen LogP contribution in [-0.2, 0) is 4.79 Å². The fraction of sp³-hybridized carbons (Fsp3) is 0.625. The van der Waals surface area contributed by atoms with Crippen LogP contribution < -0.4 is 10.2 Å². The minimum Gasteiger partial charge on any atom is -0.360 e. The lowest BCUT2D eigenvalue weighted by Crippen LogP contribution is -2.53. The highest BCUT2D eigenvalue weighted by Gasteiger charge is 2.21. The molecule has 0 bridgehead atoms. The number of anilines is 1. The lowest BCUT2D eigenvalue weighted by Gasteiger charge is -2.37. The third-order valence-electron chi connectivity index (χ3n) is 3.68. The fourth-order valence-electron chi connectivity index (χ4n) is 2.37. The number of hydrogen-bond donors (Lipinski definition) is 1. The lowest BCUT2D eigenvalue weighted by molar-refractivity contribution is -0.127. The van der Waals surface area contributed by atoms with Crippen molar-refractivity contribution in [1.29, 1.82) is 0 Å². The van der Waals surface area contributed by atoms with Crippen molar-refractivity contribution in [1.82, 2.24) is 15.1 Å². The average molecular weight is 465 g/mol. The van der Waals surface area contributed by atoms with Crippen LogP contribution >= 0.6 is 35.3 Å². The zero-order chi connectivity index (χ0) is 16.8. The summed E-state index contributed by atoms with van der Waals surface area (Å²) in [4.78, 5) is 22.5. The number of nitrogens with one attached hydrogen (secondary N) is 1. The maximum atomic E-state index is 11.8. The van der Waals surface area contributed by atoms with Crippen LogP contribution in [0.1, 0.15) is 13.8 Å². The summed E-state index contributed by atoms with van der Waals surface area (Å²) in [6.07, 6.45) is 0. The Morgan fingerprint density at radius 3 is 2.50 bits per heavy atom. The quantitative estimate of drug-likeness (QED) is 0.420. The Kier molecular flexibility index (Phi) is 8.82. The number of aliphatic imine (C=N–C) groups is 1. The summed E-state index contributed by atoms with van der Waals surface area (Å²) in [5.74, 6) is 0.853. The van der Waals surface area contributed by atoms with Gasteiger partial charge in [-0.3, -0.25) is 4.79 Å². The molecule has 0 radical (unpaired) electrons. The minimum absolute atomic E-state index is 0. The molecule has 6 nitrogen and oxygen atoms in total. The molecule has 1 fully saturated rings. The van der Waals surface area contributed by atoms with E-state index in [9.17, 15) is 4.79 Å². The van der Waals surface area contributed by atoms with Crippen LogP contribution in [-0.4, -0.2) is 74.5 Å². The van der Waals surface area contributed by atoms with Crippen molar-refractivity contribution in [2.24, 2.45) is 4.99 Å². The molecular weight excluding hydrogens is 437 g/mol. The predicted octanol–water partition coefficient (Wildman–Crippen LogP) is 1.93. The highest BCUT2D eigenvalue weighted by atomic mass is 127. The van der Waals surface area contributed by atoms with E-state index in [1.165, 1.54) is 5.00 Å². The molecule has 1 amide bonds. The van der Waals surface area contributed by atoms with E-state index in [1.54, 1.807) is 30.3 Å². The van der Waals surface area contributed by atoms with Crippen molar-refractivity contribution in [3.8, 4) is 0 Å². The molecule has 1 aromatic rings. The van der Waals surface area contributed by atoms with Gasteiger partial charge >= 0.3 is 0 Å². The molecular formula is C16H28IN5OS. The minimum atomic E-state index is 0. The van der Waals surface area contributed by atoms with Crippen LogP contribution in [0.5, 0.6) is 0 Å². The normalized spacial score (nSPS) is 15.3. The molecule has 24 heavy (non-hydrogen) atoms. The molecule has 8 heteroatoms. The summed E-state index contributed by atoms with van der Waals surface area (Å²) in [6, 6.07) is 4.54. The number of nitrogens with zero attached hydrogens (tertiary/aromatic N) is 4. The van der Waals surface area contributed by atoms with Gasteiger partial charge in [-0.1, -0.05) is 0 Å². The van der Waals surface area contributed by atoms with Gasteiger partial charge in [0.15, 0.2) is 5.96 Å². The van der Waals surface area contributed by atoms with Crippen molar-refractivity contribution in [3.05, 3.63) is 17.5 Å². The molecule has 0 aliphatic carbocycles. The summed E-state index contributed by atoms with van der Waals surface area (Å²) in [6.45, 7) is 8.13. The highest BCUT2D eigenvalue weighted by molar-refractivity contribution is 14.0. The number of guanidine groups is 1. The van der Waals surface area contributed by atoms with E-state index in [2.05, 4.69) is 51.5 Å². The smallest absolute Gasteiger partial charge is 0.243 e. The molecule has 1 N–H and O–H groups in total. The van der Waals surface area contributed by atoms with Crippen LogP contribution in [0.2, 0.25) is 0 Å². The van der Waals surface area contributed by atoms with Gasteiger partial charge in [-0.25, -0.2) is 4.99 Å². The molecule has 0 spiro atoms. The summed E-state index contributed by atoms with van der Waals surface area (Å²) in [7, 11) is 3.51. The molecule has 0 unspecified atom stereocenters. The van der Waals surface area contributed by atoms with Gasteiger partial charge in [0.1, 0.15) is 6.54 Å². The van der Waals surface area contributed by atoms with Gasteiger partial charge in [0.25, 0.3) is 0 Å². The molecule has 2 heterocycles. The predicted molar refractivity (Wildman–Crippen MR) is 113 cm³/mol. The summed E-state index contributed by atoms with van der Waals surface area (Å²) in [5, 5.41) is 6.82. The first kappa shape index (κ1) is 21.0. The molecule has 1 aromatic heterocycles. The van der Waals surface area contributed by atoms with Gasteiger partial charge in [-0.05, 0) is 31.4 Å². The second-order valence-corrected chi connectivity index (χ2v) is 7.08. The van der Waals surface area contributed by atoms with Gasteiger partial charge in [0, 0.05) is 46.3 Å². The number of rotatable bonds is 4. The zero-order valence-electron chi connectivity index (χ0n) is 14.9. The van der Waals surface area contributed by atoms with E-state index >= 15 is 0 Å². The molecule has 136 valence electrons. The number of carbonyl (C=O) groups is 1. The molecule has 0 aromatic carbocycles. The van der Waals surface area contributed by atoms with Gasteiger partial charge in [-0.15, -0.1) is 35.3 Å². The van der Waals surface area contributed by atoms with Crippen LogP contribution in [0.25, 0.3) is 0 Å². The standard InChI is InChI=1S/C16H27N5OS.HI/c1-13(2)18-16(17-12-14(22)19(3)4)21-9-7-20(8-10-21)15-6-5-11-23-15;/h5-6,11,13H,7-10,12H2,1-4H3,(H,17,18);1H. The molecule has 0 atom stereocenters. The summed E-state index contributed by atoms with van der Waals surface area (Å²) < 4.78 is 0. The average Bonchev–Trinajstić information content (AvgIpc) is 3.05. The van der Waals surface area contributed by atoms with Gasteiger partial charge in [0.2, 0.25) is 5.91 Å². The number of carbonyl (C=O) groups excluding carboxylic acids is 1. The van der Waals surface area contributed by atoms with E-state index in [-0.39, 0.29) is 36.4 Å². The third-order valence-corrected chi connectivity index (χ3v) is 4.61. The number of amides is 1. The Bertz CT molecular complexity index is 525. The van der Waals surface area contributed by atoms with Crippen molar-refractivity contribution < 1.29 is 4.79 Å². The Morgan fingerprint density at radius 1 is 1.33 bits per heavy atom. The van der Waals surface area contributed by atoms with Crippen molar-refractivity contribution >= 4 is 52.2 Å². The number of likely N-dealkylation sites (N-methyl/N-ethyl adjacent to an activating group) is 1. The number of halogens is 1. The Labute approximate surface area is 165 Å². The van der Waals surface area contributed by atoms with Crippen LogP contribution in [0.15, 0.2) is 22.5 Å². The van der Waals surface area contributed by atoms with Crippen LogP contribution in [0.4, 0.5) is 5.00 Å². The number of hydrogen-bond acceptors (Lipinski definition) is 4. The first-order valence-corrected chi connectivity index (χ1v) is 8.90. The fourth-order valence-corrected chi connectivity index (χ4v) is 3.15. The number of thiophene rings is 1. The third kappa shape index (κ3) is 6.12. The van der Waals surface area contributed by atoms with E-state index < -0.39 is 0 Å². The Hall–Kier alpha value is -1.03. The van der Waals surface area contributed by atoms with Crippen LogP contribution in [0.3, 0.4) is 0 Å². The van der Waals surface area contributed by atoms with Crippen molar-refractivity contribution in [3.63, 3.8) is 0 Å². The van der Waals surface area contributed by atoms with Gasteiger partial charge < -0.3 is 20.0 Å². The Morgan fingerprint density at radius 2 is 2.00 bits per heavy atom. The van der Waals surface area contributed by atoms with Gasteiger partial charge in [-0.2, -0.15) is 0 Å². The Balaban J connectivity index is 0.00000288. The molecule has 1 aliphatic heterocycles. The maximum absolute atomic E-state index is 11.8. The van der Waals surface area contributed by atoms with E-state index in [1.807, 2.05) is 0 Å². The highest BCUT2D eigenvalue weighted by Crippen LogP contribution is 2.22. The largest absolute Gasteiger partial charge is 0.360 e. The molecule has 1 saturated heterocycles. The number of piperazine rings is 1. The second-order valence-electron chi connectivity index (χ2n) is 6.15. The topological polar surface area (TPSA) is 51.2 Å². The van der Waals surface area contributed by atoms with Crippen molar-refractivity contribution in [2.45, 2.75) is 19.9 Å². The maximum Gasteiger partial charge on any atom is 0.243 e. The summed E-state index contributed by atoms with van der Waals surface area (Å²) >= 11 is 1.78. The molecule has 2 rings (SSSR count). The molecule has 0 saturated carbocycles.